The van der Waals surface area contributed by atoms with E-state index in [-0.39, 0.29) is 12.5 Å². The molecule has 2 rings (SSSR count). The van der Waals surface area contributed by atoms with Crippen LogP contribution in [0.4, 0.5) is 11.4 Å². The molecule has 116 valence electrons. The van der Waals surface area contributed by atoms with Crippen LogP contribution in [0.15, 0.2) is 12.1 Å². The highest BCUT2D eigenvalue weighted by Gasteiger charge is 2.17. The van der Waals surface area contributed by atoms with E-state index >= 15 is 0 Å². The minimum absolute atomic E-state index is 0.101. The Balaban J connectivity index is 2.00. The molecule has 1 aromatic rings. The van der Waals surface area contributed by atoms with Gasteiger partial charge in [0.05, 0.1) is 32.1 Å². The SMILES string of the molecule is COc1cc(N)c(NCC(=O)N2CCCCC2)cc1OC. The molecule has 1 aliphatic heterocycles. The van der Waals surface area contributed by atoms with Crippen molar-refractivity contribution in [1.82, 2.24) is 4.90 Å². The fraction of sp³-hybridized carbons (Fsp3) is 0.533. The van der Waals surface area contributed by atoms with Crippen LogP contribution in [0.3, 0.4) is 0 Å². The molecule has 0 spiro atoms. The van der Waals surface area contributed by atoms with Crippen LogP contribution in [0, 0.1) is 0 Å². The summed E-state index contributed by atoms with van der Waals surface area (Å²) in [5.74, 6) is 1.26. The number of rotatable bonds is 5. The molecule has 6 heteroatoms. The number of nitrogen functional groups attached to an aromatic ring is 1. The fourth-order valence-corrected chi connectivity index (χ4v) is 2.47. The van der Waals surface area contributed by atoms with E-state index in [0.29, 0.717) is 22.9 Å². The number of piperidine rings is 1. The van der Waals surface area contributed by atoms with E-state index in [2.05, 4.69) is 5.32 Å². The lowest BCUT2D eigenvalue weighted by molar-refractivity contribution is -0.130. The van der Waals surface area contributed by atoms with Gasteiger partial charge in [0.2, 0.25) is 5.91 Å². The second-order valence-corrected chi connectivity index (χ2v) is 5.09. The third kappa shape index (κ3) is 3.71. The summed E-state index contributed by atoms with van der Waals surface area (Å²) >= 11 is 0. The van der Waals surface area contributed by atoms with Crippen LogP contribution in [-0.2, 0) is 4.79 Å². The first kappa shape index (κ1) is 15.3. The van der Waals surface area contributed by atoms with Crippen molar-refractivity contribution in [2.45, 2.75) is 19.3 Å². The summed E-state index contributed by atoms with van der Waals surface area (Å²) in [5.41, 5.74) is 7.17. The van der Waals surface area contributed by atoms with Crippen LogP contribution in [0.1, 0.15) is 19.3 Å². The Morgan fingerprint density at radius 3 is 2.43 bits per heavy atom. The molecule has 1 heterocycles. The number of methoxy groups -OCH3 is 2. The van der Waals surface area contributed by atoms with Crippen molar-refractivity contribution in [1.29, 1.82) is 0 Å². The number of ether oxygens (including phenoxy) is 2. The van der Waals surface area contributed by atoms with E-state index in [9.17, 15) is 4.79 Å². The van der Waals surface area contributed by atoms with Gasteiger partial charge in [-0.2, -0.15) is 0 Å². The van der Waals surface area contributed by atoms with Gasteiger partial charge in [-0.05, 0) is 19.3 Å². The molecule has 0 aliphatic carbocycles. The monoisotopic (exact) mass is 293 g/mol. The van der Waals surface area contributed by atoms with Crippen LogP contribution in [0.25, 0.3) is 0 Å². The largest absolute Gasteiger partial charge is 0.493 e. The minimum atomic E-state index is 0.101. The lowest BCUT2D eigenvalue weighted by Crippen LogP contribution is -2.39. The Kier molecular flexibility index (Phi) is 5.14. The van der Waals surface area contributed by atoms with Crippen molar-refractivity contribution in [3.8, 4) is 11.5 Å². The van der Waals surface area contributed by atoms with Gasteiger partial charge in [-0.3, -0.25) is 4.79 Å². The molecule has 0 atom stereocenters. The number of hydrogen-bond donors (Lipinski definition) is 2. The Morgan fingerprint density at radius 1 is 1.19 bits per heavy atom. The molecule has 1 fully saturated rings. The predicted molar refractivity (Wildman–Crippen MR) is 82.9 cm³/mol. The summed E-state index contributed by atoms with van der Waals surface area (Å²) in [5, 5.41) is 3.08. The van der Waals surface area contributed by atoms with E-state index in [4.69, 9.17) is 15.2 Å². The summed E-state index contributed by atoms with van der Waals surface area (Å²) in [6.07, 6.45) is 3.38. The van der Waals surface area contributed by atoms with Gasteiger partial charge in [-0.25, -0.2) is 0 Å². The molecule has 1 aromatic carbocycles. The smallest absolute Gasteiger partial charge is 0.241 e. The zero-order valence-electron chi connectivity index (χ0n) is 12.6. The van der Waals surface area contributed by atoms with Gasteiger partial charge in [-0.1, -0.05) is 0 Å². The van der Waals surface area contributed by atoms with E-state index < -0.39 is 0 Å². The van der Waals surface area contributed by atoms with Gasteiger partial charge in [-0.15, -0.1) is 0 Å². The molecule has 1 saturated heterocycles. The lowest BCUT2D eigenvalue weighted by atomic mass is 10.1. The van der Waals surface area contributed by atoms with E-state index in [1.807, 2.05) is 4.90 Å². The molecule has 0 radical (unpaired) electrons. The summed E-state index contributed by atoms with van der Waals surface area (Å²) in [6.45, 7) is 1.93. The first-order chi connectivity index (χ1) is 10.2. The molecule has 21 heavy (non-hydrogen) atoms. The zero-order valence-corrected chi connectivity index (χ0v) is 12.6. The standard InChI is InChI=1S/C15H23N3O3/c1-20-13-8-11(16)12(9-14(13)21-2)17-10-15(19)18-6-4-3-5-7-18/h8-9,17H,3-7,10,16H2,1-2H3. The van der Waals surface area contributed by atoms with Crippen LogP contribution in [-0.4, -0.2) is 44.7 Å². The molecular weight excluding hydrogens is 270 g/mol. The van der Waals surface area contributed by atoms with Crippen molar-refractivity contribution in [3.63, 3.8) is 0 Å². The number of amides is 1. The molecule has 0 aromatic heterocycles. The van der Waals surface area contributed by atoms with Gasteiger partial charge in [0.15, 0.2) is 11.5 Å². The maximum Gasteiger partial charge on any atom is 0.241 e. The van der Waals surface area contributed by atoms with Crippen molar-refractivity contribution in [2.24, 2.45) is 0 Å². The Bertz CT molecular complexity index is 499. The van der Waals surface area contributed by atoms with Crippen LogP contribution < -0.4 is 20.5 Å². The highest BCUT2D eigenvalue weighted by Crippen LogP contribution is 2.34. The number of carbonyl (C=O) groups is 1. The number of benzene rings is 1. The van der Waals surface area contributed by atoms with Gasteiger partial charge in [0.25, 0.3) is 0 Å². The van der Waals surface area contributed by atoms with Gasteiger partial charge in [0, 0.05) is 25.2 Å². The summed E-state index contributed by atoms with van der Waals surface area (Å²) in [6, 6.07) is 3.43. The van der Waals surface area contributed by atoms with Crippen molar-refractivity contribution >= 4 is 17.3 Å². The number of carbonyl (C=O) groups excluding carboxylic acids is 1. The topological polar surface area (TPSA) is 76.8 Å². The summed E-state index contributed by atoms with van der Waals surface area (Å²) < 4.78 is 10.4. The molecule has 3 N–H and O–H groups in total. The van der Waals surface area contributed by atoms with E-state index in [0.717, 1.165) is 25.9 Å². The van der Waals surface area contributed by atoms with E-state index in [1.165, 1.54) is 6.42 Å². The minimum Gasteiger partial charge on any atom is -0.493 e. The van der Waals surface area contributed by atoms with Crippen molar-refractivity contribution in [2.75, 3.05) is 44.9 Å². The summed E-state index contributed by atoms with van der Waals surface area (Å²) in [7, 11) is 3.13. The molecule has 1 amide bonds. The second-order valence-electron chi connectivity index (χ2n) is 5.09. The zero-order chi connectivity index (χ0) is 15.2. The van der Waals surface area contributed by atoms with Gasteiger partial charge < -0.3 is 25.4 Å². The maximum absolute atomic E-state index is 12.1. The second kappa shape index (κ2) is 7.06. The average Bonchev–Trinajstić information content (AvgIpc) is 2.53. The number of nitrogens with zero attached hydrogens (tertiary/aromatic N) is 1. The normalized spacial score (nSPS) is 14.7. The quantitative estimate of drug-likeness (QED) is 0.808. The van der Waals surface area contributed by atoms with Crippen LogP contribution >= 0.6 is 0 Å². The predicted octanol–water partition coefficient (Wildman–Crippen LogP) is 1.71. The number of likely N-dealkylation sites (tertiary alicyclic amines) is 1. The average molecular weight is 293 g/mol. The van der Waals surface area contributed by atoms with Crippen LogP contribution in [0.2, 0.25) is 0 Å². The molecule has 0 bridgehead atoms. The van der Waals surface area contributed by atoms with Gasteiger partial charge >= 0.3 is 0 Å². The summed E-state index contributed by atoms with van der Waals surface area (Å²) in [4.78, 5) is 14.0. The number of nitrogens with one attached hydrogen (secondary N) is 1. The Morgan fingerprint density at radius 2 is 1.81 bits per heavy atom. The third-order valence-corrected chi connectivity index (χ3v) is 3.69. The van der Waals surface area contributed by atoms with Crippen LogP contribution in [0.5, 0.6) is 11.5 Å². The lowest BCUT2D eigenvalue weighted by Gasteiger charge is -2.27. The fourth-order valence-electron chi connectivity index (χ4n) is 2.47. The number of anilines is 2. The van der Waals surface area contributed by atoms with Crippen molar-refractivity contribution < 1.29 is 14.3 Å². The van der Waals surface area contributed by atoms with Crippen molar-refractivity contribution in [3.05, 3.63) is 12.1 Å². The third-order valence-electron chi connectivity index (χ3n) is 3.69. The molecule has 1 aliphatic rings. The Labute approximate surface area is 125 Å². The first-order valence-corrected chi connectivity index (χ1v) is 7.19. The highest BCUT2D eigenvalue weighted by atomic mass is 16.5. The molecule has 0 unspecified atom stereocenters. The molecule has 0 saturated carbocycles. The number of hydrogen-bond acceptors (Lipinski definition) is 5. The molecular formula is C15H23N3O3. The van der Waals surface area contributed by atoms with E-state index in [1.54, 1.807) is 26.4 Å². The highest BCUT2D eigenvalue weighted by molar-refractivity contribution is 5.83. The Hall–Kier alpha value is -2.11. The first-order valence-electron chi connectivity index (χ1n) is 7.19. The maximum atomic E-state index is 12.1. The number of nitrogens with two attached hydrogens (primary N) is 1. The molecule has 6 nitrogen and oxygen atoms in total. The van der Waals surface area contributed by atoms with Gasteiger partial charge in [0.1, 0.15) is 0 Å².